The molecular weight excluding hydrogens is 461 g/mol. The summed E-state index contributed by atoms with van der Waals surface area (Å²) in [5.74, 6) is -0.667. The first-order valence-electron chi connectivity index (χ1n) is 8.07. The van der Waals surface area contributed by atoms with Crippen LogP contribution in [0.2, 0.25) is 0 Å². The van der Waals surface area contributed by atoms with Crippen molar-refractivity contribution in [3.05, 3.63) is 90.7 Å². The highest BCUT2D eigenvalue weighted by atomic mass is 79.9. The van der Waals surface area contributed by atoms with Crippen LogP contribution < -0.4 is 11.5 Å². The van der Waals surface area contributed by atoms with E-state index >= 15 is 0 Å². The molecule has 0 saturated heterocycles. The largest absolute Gasteiger partial charge is 0.393 e. The second-order valence-corrected chi connectivity index (χ2v) is 6.71. The Hall–Kier alpha value is -4.04. The topological polar surface area (TPSA) is 162 Å². The van der Waals surface area contributed by atoms with Gasteiger partial charge in [0, 0.05) is 16.6 Å². The number of benzene rings is 3. The van der Waals surface area contributed by atoms with E-state index in [1.54, 1.807) is 18.2 Å². The SMILES string of the molecule is N#Cc1ccc(-c2ccc(N)c([N+](=O)[O-])c2)cc1F.Nc1ccc(Br)cc1[N+](=O)[O-]. The number of rotatable bonds is 3. The molecule has 9 nitrogen and oxygen atoms in total. The van der Waals surface area contributed by atoms with Gasteiger partial charge in [0.1, 0.15) is 23.3 Å². The van der Waals surface area contributed by atoms with E-state index in [9.17, 15) is 24.6 Å². The molecule has 0 aliphatic heterocycles. The number of hydrogen-bond acceptors (Lipinski definition) is 7. The van der Waals surface area contributed by atoms with Gasteiger partial charge in [-0.2, -0.15) is 5.26 Å². The summed E-state index contributed by atoms with van der Waals surface area (Å²) in [6.07, 6.45) is 0. The highest BCUT2D eigenvalue weighted by Crippen LogP contribution is 2.29. The Morgan fingerprint density at radius 1 is 0.867 bits per heavy atom. The highest BCUT2D eigenvalue weighted by Gasteiger charge is 2.13. The Kier molecular flexibility index (Phi) is 7.00. The van der Waals surface area contributed by atoms with Gasteiger partial charge in [0.2, 0.25) is 0 Å². The number of nitrogens with two attached hydrogens (primary N) is 2. The highest BCUT2D eigenvalue weighted by molar-refractivity contribution is 9.10. The Bertz CT molecular complexity index is 1180. The second-order valence-electron chi connectivity index (χ2n) is 5.80. The van der Waals surface area contributed by atoms with Crippen LogP contribution in [0.1, 0.15) is 5.56 Å². The number of nitrogens with zero attached hydrogens (tertiary/aromatic N) is 3. The predicted molar refractivity (Wildman–Crippen MR) is 113 cm³/mol. The van der Waals surface area contributed by atoms with Crippen LogP contribution in [0.5, 0.6) is 0 Å². The van der Waals surface area contributed by atoms with Crippen LogP contribution in [-0.2, 0) is 0 Å². The predicted octanol–water partition coefficient (Wildman–Crippen LogP) is 4.79. The number of halogens is 2. The van der Waals surface area contributed by atoms with E-state index in [0.29, 0.717) is 15.6 Å². The first-order valence-corrected chi connectivity index (χ1v) is 8.86. The molecule has 0 aliphatic rings. The summed E-state index contributed by atoms with van der Waals surface area (Å²) in [7, 11) is 0. The minimum atomic E-state index is -0.667. The average molecular weight is 474 g/mol. The van der Waals surface area contributed by atoms with Crippen molar-refractivity contribution < 1.29 is 14.2 Å². The Balaban J connectivity index is 0.000000248. The third kappa shape index (κ3) is 5.27. The van der Waals surface area contributed by atoms with Crippen molar-refractivity contribution in [3.8, 4) is 17.2 Å². The van der Waals surface area contributed by atoms with Crippen molar-refractivity contribution in [2.45, 2.75) is 0 Å². The van der Waals surface area contributed by atoms with E-state index in [1.807, 2.05) is 0 Å². The first kappa shape index (κ1) is 22.3. The molecule has 0 aliphatic carbocycles. The van der Waals surface area contributed by atoms with Crippen molar-refractivity contribution in [1.29, 1.82) is 5.26 Å². The molecule has 0 saturated carbocycles. The lowest BCUT2D eigenvalue weighted by molar-refractivity contribution is -0.384. The summed E-state index contributed by atoms with van der Waals surface area (Å²) in [5.41, 5.74) is 11.6. The smallest absolute Gasteiger partial charge is 0.293 e. The zero-order chi connectivity index (χ0) is 22.4. The van der Waals surface area contributed by atoms with Crippen molar-refractivity contribution >= 4 is 38.7 Å². The number of anilines is 2. The summed E-state index contributed by atoms with van der Waals surface area (Å²) < 4.78 is 14.1. The lowest BCUT2D eigenvalue weighted by Crippen LogP contribution is -1.96. The summed E-state index contributed by atoms with van der Waals surface area (Å²) in [6.45, 7) is 0. The molecular formula is C19H13BrFN5O4. The fourth-order valence-electron chi connectivity index (χ4n) is 2.34. The zero-order valence-electron chi connectivity index (χ0n) is 15.1. The summed E-state index contributed by atoms with van der Waals surface area (Å²) in [6, 6.07) is 14.5. The molecule has 3 aromatic carbocycles. The lowest BCUT2D eigenvalue weighted by atomic mass is 10.0. The van der Waals surface area contributed by atoms with E-state index in [1.165, 1.54) is 36.4 Å². The van der Waals surface area contributed by atoms with Crippen LogP contribution in [0.15, 0.2) is 59.1 Å². The van der Waals surface area contributed by atoms with E-state index < -0.39 is 15.7 Å². The normalized spacial score (nSPS) is 9.77. The molecule has 0 spiro atoms. The maximum atomic E-state index is 13.5. The van der Waals surface area contributed by atoms with Gasteiger partial charge in [0.15, 0.2) is 0 Å². The molecule has 11 heteroatoms. The molecule has 0 bridgehead atoms. The van der Waals surface area contributed by atoms with Crippen LogP contribution >= 0.6 is 15.9 Å². The molecule has 30 heavy (non-hydrogen) atoms. The standard InChI is InChI=1S/C13H8FN3O2.C6H5BrN2O2/c14-11-5-8(1-2-10(11)7-15)9-3-4-12(16)13(6-9)17(18)19;7-4-1-2-5(8)6(3-4)9(10)11/h1-6H,16H2;1-3H,8H2. The van der Waals surface area contributed by atoms with Crippen LogP contribution in [0.4, 0.5) is 27.1 Å². The number of nitro groups is 2. The second kappa shape index (κ2) is 9.44. The minimum absolute atomic E-state index is 0.0443. The van der Waals surface area contributed by atoms with Crippen LogP contribution in [0.3, 0.4) is 0 Å². The summed E-state index contributed by atoms with van der Waals surface area (Å²) in [5, 5.41) is 29.7. The summed E-state index contributed by atoms with van der Waals surface area (Å²) in [4.78, 5) is 19.9. The molecule has 0 aromatic heterocycles. The van der Waals surface area contributed by atoms with Crippen LogP contribution in [0.25, 0.3) is 11.1 Å². The fourth-order valence-corrected chi connectivity index (χ4v) is 2.69. The number of nitro benzene ring substituents is 2. The third-order valence-corrected chi connectivity index (χ3v) is 4.33. The van der Waals surface area contributed by atoms with Gasteiger partial charge in [-0.1, -0.05) is 28.1 Å². The molecule has 0 heterocycles. The zero-order valence-corrected chi connectivity index (χ0v) is 16.7. The van der Waals surface area contributed by atoms with Crippen LogP contribution in [0, 0.1) is 37.4 Å². The van der Waals surface area contributed by atoms with Crippen molar-refractivity contribution in [2.24, 2.45) is 0 Å². The molecule has 3 rings (SSSR count). The van der Waals surface area contributed by atoms with E-state index in [4.69, 9.17) is 16.7 Å². The minimum Gasteiger partial charge on any atom is -0.393 e. The number of nitrogen functional groups attached to an aromatic ring is 2. The maximum absolute atomic E-state index is 13.5. The van der Waals surface area contributed by atoms with Crippen LogP contribution in [-0.4, -0.2) is 9.85 Å². The van der Waals surface area contributed by atoms with Gasteiger partial charge < -0.3 is 11.5 Å². The quantitative estimate of drug-likeness (QED) is 0.313. The molecule has 4 N–H and O–H groups in total. The number of nitriles is 1. The first-order chi connectivity index (χ1) is 14.1. The van der Waals surface area contributed by atoms with E-state index in [0.717, 1.165) is 6.07 Å². The molecule has 152 valence electrons. The Morgan fingerprint density at radius 2 is 1.37 bits per heavy atom. The third-order valence-electron chi connectivity index (χ3n) is 3.84. The van der Waals surface area contributed by atoms with Gasteiger partial charge in [0.25, 0.3) is 11.4 Å². The Labute approximate surface area is 177 Å². The van der Waals surface area contributed by atoms with Crippen molar-refractivity contribution in [2.75, 3.05) is 11.5 Å². The molecule has 0 unspecified atom stereocenters. The average Bonchev–Trinajstić information content (AvgIpc) is 2.70. The van der Waals surface area contributed by atoms with Crippen molar-refractivity contribution in [3.63, 3.8) is 0 Å². The molecule has 0 fully saturated rings. The monoisotopic (exact) mass is 473 g/mol. The molecule has 0 radical (unpaired) electrons. The maximum Gasteiger partial charge on any atom is 0.293 e. The fraction of sp³-hybridized carbons (Fsp3) is 0. The molecule has 0 amide bonds. The lowest BCUT2D eigenvalue weighted by Gasteiger charge is -2.04. The van der Waals surface area contributed by atoms with Crippen molar-refractivity contribution in [1.82, 2.24) is 0 Å². The summed E-state index contributed by atoms with van der Waals surface area (Å²) >= 11 is 3.10. The number of hydrogen-bond donors (Lipinski definition) is 2. The van der Waals surface area contributed by atoms with E-state index in [-0.39, 0.29) is 28.3 Å². The van der Waals surface area contributed by atoms with Gasteiger partial charge in [-0.3, -0.25) is 20.2 Å². The van der Waals surface area contributed by atoms with Gasteiger partial charge in [-0.25, -0.2) is 4.39 Å². The molecule has 0 atom stereocenters. The molecule has 3 aromatic rings. The van der Waals surface area contributed by atoms with Gasteiger partial charge in [-0.15, -0.1) is 0 Å². The van der Waals surface area contributed by atoms with E-state index in [2.05, 4.69) is 15.9 Å². The Morgan fingerprint density at radius 3 is 1.87 bits per heavy atom. The van der Waals surface area contributed by atoms with Gasteiger partial charge in [0.05, 0.1) is 15.4 Å². The van der Waals surface area contributed by atoms with Gasteiger partial charge in [-0.05, 0) is 41.5 Å². The van der Waals surface area contributed by atoms with Gasteiger partial charge >= 0.3 is 0 Å².